The molecule has 0 bridgehead atoms. The maximum Gasteiger partial charge on any atom is 0.332 e. The molecule has 1 aromatic heterocycles. The van der Waals surface area contributed by atoms with Crippen LogP contribution in [0.4, 0.5) is 10.5 Å². The van der Waals surface area contributed by atoms with E-state index in [-0.39, 0.29) is 30.4 Å². The van der Waals surface area contributed by atoms with E-state index in [0.717, 1.165) is 4.88 Å². The zero-order valence-corrected chi connectivity index (χ0v) is 15.7. The summed E-state index contributed by atoms with van der Waals surface area (Å²) >= 11 is 1.59. The minimum atomic E-state index is -0.255. The average Bonchev–Trinajstić information content (AvgIpc) is 3.30. The van der Waals surface area contributed by atoms with Crippen molar-refractivity contribution in [3.8, 4) is 0 Å². The number of hydrogen-bond acceptors (Lipinski definition) is 4. The van der Waals surface area contributed by atoms with Gasteiger partial charge in [-0.25, -0.2) is 9.69 Å². The number of nitrogens with zero attached hydrogens (tertiary/aromatic N) is 3. The van der Waals surface area contributed by atoms with E-state index in [4.69, 9.17) is 0 Å². The van der Waals surface area contributed by atoms with E-state index in [1.807, 2.05) is 40.6 Å². The van der Waals surface area contributed by atoms with Gasteiger partial charge in [0, 0.05) is 24.0 Å². The molecular weight excluding hydrogens is 362 g/mol. The van der Waals surface area contributed by atoms with Gasteiger partial charge >= 0.3 is 6.03 Å². The smallest absolute Gasteiger partial charge is 0.332 e. The Labute approximate surface area is 162 Å². The van der Waals surface area contributed by atoms with Gasteiger partial charge in [0.15, 0.2) is 0 Å². The number of para-hydroxylation sites is 1. The van der Waals surface area contributed by atoms with Gasteiger partial charge in [0.05, 0.1) is 12.1 Å². The first-order valence-electron chi connectivity index (χ1n) is 9.12. The minimum Gasteiger partial charge on any atom is -0.342 e. The number of amides is 4. The molecule has 2 saturated heterocycles. The van der Waals surface area contributed by atoms with Crippen molar-refractivity contribution in [3.63, 3.8) is 0 Å². The number of carbonyl (C=O) groups is 3. The predicted molar refractivity (Wildman–Crippen MR) is 104 cm³/mol. The molecule has 0 unspecified atom stereocenters. The molecule has 0 saturated carbocycles. The molecular formula is C20H21N3O3S. The lowest BCUT2D eigenvalue weighted by molar-refractivity contribution is -0.132. The van der Waals surface area contributed by atoms with Crippen LogP contribution in [0.3, 0.4) is 0 Å². The molecule has 27 heavy (non-hydrogen) atoms. The van der Waals surface area contributed by atoms with E-state index in [1.54, 1.807) is 28.4 Å². The second-order valence-corrected chi connectivity index (χ2v) is 7.88. The van der Waals surface area contributed by atoms with E-state index in [2.05, 4.69) is 0 Å². The van der Waals surface area contributed by atoms with Crippen molar-refractivity contribution in [2.45, 2.75) is 25.3 Å². The molecule has 0 N–H and O–H groups in total. The lowest BCUT2D eigenvalue weighted by Gasteiger charge is -2.36. The van der Waals surface area contributed by atoms with Crippen LogP contribution in [0.5, 0.6) is 0 Å². The largest absolute Gasteiger partial charge is 0.342 e. The summed E-state index contributed by atoms with van der Waals surface area (Å²) in [4.78, 5) is 43.5. The Balaban J connectivity index is 1.36. The van der Waals surface area contributed by atoms with Crippen LogP contribution in [-0.4, -0.2) is 53.3 Å². The molecule has 4 rings (SSSR count). The van der Waals surface area contributed by atoms with Gasteiger partial charge < -0.3 is 9.80 Å². The zero-order valence-electron chi connectivity index (χ0n) is 14.9. The summed E-state index contributed by atoms with van der Waals surface area (Å²) in [6, 6.07) is 12.7. The number of likely N-dealkylation sites (tertiary alicyclic amines) is 1. The molecule has 0 spiro atoms. The van der Waals surface area contributed by atoms with Gasteiger partial charge in [-0.15, -0.1) is 11.3 Å². The van der Waals surface area contributed by atoms with E-state index in [9.17, 15) is 14.4 Å². The molecule has 0 radical (unpaired) electrons. The second-order valence-electron chi connectivity index (χ2n) is 6.84. The lowest BCUT2D eigenvalue weighted by atomic mass is 10.0. The third-order valence-electron chi connectivity index (χ3n) is 5.17. The standard InChI is InChI=1S/C20H21N3O3S/c24-18(13-17-7-4-12-27-17)21-10-8-15(9-11-21)22-14-19(25)23(20(22)26)16-5-2-1-3-6-16/h1-7,12,15H,8-11,13-14H2. The predicted octanol–water partition coefficient (Wildman–Crippen LogP) is 2.75. The van der Waals surface area contributed by atoms with Gasteiger partial charge in [-0.1, -0.05) is 24.3 Å². The molecule has 0 atom stereocenters. The number of hydrogen-bond donors (Lipinski definition) is 0. The van der Waals surface area contributed by atoms with Crippen LogP contribution in [-0.2, 0) is 16.0 Å². The Morgan fingerprint density at radius 1 is 1.04 bits per heavy atom. The summed E-state index contributed by atoms with van der Waals surface area (Å²) in [6.07, 6.45) is 1.85. The first-order chi connectivity index (χ1) is 13.1. The summed E-state index contributed by atoms with van der Waals surface area (Å²) in [6.45, 7) is 1.36. The summed E-state index contributed by atoms with van der Waals surface area (Å²) in [5.41, 5.74) is 0.610. The Morgan fingerprint density at radius 3 is 2.44 bits per heavy atom. The molecule has 4 amide bonds. The highest BCUT2D eigenvalue weighted by Crippen LogP contribution is 2.26. The Bertz CT molecular complexity index is 829. The fraction of sp³-hybridized carbons (Fsp3) is 0.350. The lowest BCUT2D eigenvalue weighted by Crippen LogP contribution is -2.48. The zero-order chi connectivity index (χ0) is 18.8. The summed E-state index contributed by atoms with van der Waals surface area (Å²) in [7, 11) is 0. The Hall–Kier alpha value is -2.67. The molecule has 2 fully saturated rings. The minimum absolute atomic E-state index is 0.000880. The third kappa shape index (κ3) is 3.60. The monoisotopic (exact) mass is 383 g/mol. The topological polar surface area (TPSA) is 60.9 Å². The fourth-order valence-electron chi connectivity index (χ4n) is 3.74. The molecule has 2 aliphatic rings. The van der Waals surface area contributed by atoms with Crippen molar-refractivity contribution in [2.75, 3.05) is 24.5 Å². The van der Waals surface area contributed by atoms with Crippen molar-refractivity contribution in [1.29, 1.82) is 0 Å². The van der Waals surface area contributed by atoms with E-state index in [1.165, 1.54) is 4.90 Å². The SMILES string of the molecule is O=C(Cc1cccs1)N1CCC(N2CC(=O)N(c3ccccc3)C2=O)CC1. The molecule has 7 heteroatoms. The number of anilines is 1. The fourth-order valence-corrected chi connectivity index (χ4v) is 4.43. The quantitative estimate of drug-likeness (QED) is 0.763. The van der Waals surface area contributed by atoms with Gasteiger partial charge in [0.1, 0.15) is 6.54 Å². The maximum atomic E-state index is 12.8. The molecule has 6 nitrogen and oxygen atoms in total. The number of imide groups is 1. The Morgan fingerprint density at radius 2 is 1.78 bits per heavy atom. The third-order valence-corrected chi connectivity index (χ3v) is 6.05. The van der Waals surface area contributed by atoms with E-state index < -0.39 is 0 Å². The van der Waals surface area contributed by atoms with Crippen LogP contribution in [0.1, 0.15) is 17.7 Å². The van der Waals surface area contributed by atoms with Crippen molar-refractivity contribution >= 4 is 34.9 Å². The van der Waals surface area contributed by atoms with Crippen LogP contribution < -0.4 is 4.90 Å². The van der Waals surface area contributed by atoms with E-state index in [0.29, 0.717) is 38.0 Å². The summed E-state index contributed by atoms with van der Waals surface area (Å²) < 4.78 is 0. The van der Waals surface area contributed by atoms with Crippen LogP contribution >= 0.6 is 11.3 Å². The van der Waals surface area contributed by atoms with Crippen molar-refractivity contribution in [1.82, 2.24) is 9.80 Å². The van der Waals surface area contributed by atoms with Crippen LogP contribution in [0.25, 0.3) is 0 Å². The summed E-state index contributed by atoms with van der Waals surface area (Å²) in [5.74, 6) is -0.0620. The van der Waals surface area contributed by atoms with Gasteiger partial charge in [-0.2, -0.15) is 0 Å². The van der Waals surface area contributed by atoms with Gasteiger partial charge in [-0.3, -0.25) is 9.59 Å². The number of rotatable bonds is 4. The van der Waals surface area contributed by atoms with Crippen LogP contribution in [0.15, 0.2) is 47.8 Å². The first-order valence-corrected chi connectivity index (χ1v) is 10.00. The van der Waals surface area contributed by atoms with E-state index >= 15 is 0 Å². The molecule has 3 heterocycles. The number of thiophene rings is 1. The number of benzene rings is 1. The van der Waals surface area contributed by atoms with Crippen molar-refractivity contribution in [3.05, 3.63) is 52.7 Å². The molecule has 0 aliphatic carbocycles. The molecule has 2 aromatic rings. The number of urea groups is 1. The van der Waals surface area contributed by atoms with Crippen LogP contribution in [0.2, 0.25) is 0 Å². The highest BCUT2D eigenvalue weighted by atomic mass is 32.1. The normalized spacial score (nSPS) is 18.4. The Kier molecular flexibility index (Phi) is 4.94. The van der Waals surface area contributed by atoms with Crippen molar-refractivity contribution in [2.24, 2.45) is 0 Å². The second kappa shape index (κ2) is 7.52. The molecule has 2 aliphatic heterocycles. The van der Waals surface area contributed by atoms with Gasteiger partial charge in [0.2, 0.25) is 5.91 Å². The van der Waals surface area contributed by atoms with Crippen molar-refractivity contribution < 1.29 is 14.4 Å². The molecule has 140 valence electrons. The number of piperidine rings is 1. The van der Waals surface area contributed by atoms with Crippen LogP contribution in [0, 0.1) is 0 Å². The number of carbonyl (C=O) groups excluding carboxylic acids is 3. The highest BCUT2D eigenvalue weighted by Gasteiger charge is 2.41. The summed E-state index contributed by atoms with van der Waals surface area (Å²) in [5, 5.41) is 1.98. The van der Waals surface area contributed by atoms with Gasteiger partial charge in [0.25, 0.3) is 5.91 Å². The maximum absolute atomic E-state index is 12.8. The average molecular weight is 383 g/mol. The first kappa shape index (κ1) is 17.7. The highest BCUT2D eigenvalue weighted by molar-refractivity contribution is 7.10. The molecule has 1 aromatic carbocycles. The van der Waals surface area contributed by atoms with Gasteiger partial charge in [-0.05, 0) is 36.4 Å².